The molecule has 1 aliphatic carbocycles. The maximum absolute atomic E-state index is 12.6. The second-order valence-electron chi connectivity index (χ2n) is 6.33. The fraction of sp³-hybridized carbons (Fsp3) is 0.588. The average molecular weight is 309 g/mol. The lowest BCUT2D eigenvalue weighted by Crippen LogP contribution is -2.42. The van der Waals surface area contributed by atoms with Crippen molar-refractivity contribution in [1.82, 2.24) is 4.90 Å². The van der Waals surface area contributed by atoms with Crippen LogP contribution in [-0.4, -0.2) is 29.9 Å². The van der Waals surface area contributed by atoms with Crippen molar-refractivity contribution in [3.8, 4) is 0 Å². The Balaban J connectivity index is 0.00000161. The largest absolute Gasteiger partial charge is 0.339 e. The van der Waals surface area contributed by atoms with E-state index in [4.69, 9.17) is 5.73 Å². The van der Waals surface area contributed by atoms with Crippen LogP contribution in [0.5, 0.6) is 0 Å². The van der Waals surface area contributed by atoms with Crippen molar-refractivity contribution in [2.45, 2.75) is 45.1 Å². The van der Waals surface area contributed by atoms with Gasteiger partial charge in [0, 0.05) is 24.7 Å². The van der Waals surface area contributed by atoms with E-state index < -0.39 is 0 Å². The molecule has 1 aromatic carbocycles. The number of piperidine rings is 1. The summed E-state index contributed by atoms with van der Waals surface area (Å²) in [5.41, 5.74) is 9.63. The lowest BCUT2D eigenvalue weighted by atomic mass is 9.90. The maximum atomic E-state index is 12.6. The van der Waals surface area contributed by atoms with Gasteiger partial charge in [-0.15, -0.1) is 12.4 Å². The van der Waals surface area contributed by atoms with Gasteiger partial charge in [0.1, 0.15) is 0 Å². The van der Waals surface area contributed by atoms with Gasteiger partial charge in [0.05, 0.1) is 0 Å². The quantitative estimate of drug-likeness (QED) is 0.913. The number of nitrogens with zero attached hydrogens (tertiary/aromatic N) is 1. The Morgan fingerprint density at radius 2 is 1.90 bits per heavy atom. The third kappa shape index (κ3) is 3.41. The first-order valence-corrected chi connectivity index (χ1v) is 7.82. The van der Waals surface area contributed by atoms with E-state index in [1.165, 1.54) is 24.0 Å². The summed E-state index contributed by atoms with van der Waals surface area (Å²) in [5.74, 6) is 0.766. The highest BCUT2D eigenvalue weighted by molar-refractivity contribution is 5.94. The third-order valence-corrected chi connectivity index (χ3v) is 4.92. The highest BCUT2D eigenvalue weighted by Crippen LogP contribution is 2.25. The molecular weight excluding hydrogens is 284 g/mol. The molecule has 2 N–H and O–H groups in total. The number of carbonyl (C=O) groups is 1. The van der Waals surface area contributed by atoms with Crippen molar-refractivity contribution in [2.75, 3.05) is 13.1 Å². The molecule has 3 rings (SSSR count). The minimum absolute atomic E-state index is 0. The summed E-state index contributed by atoms with van der Waals surface area (Å²) in [4.78, 5) is 14.6. The van der Waals surface area contributed by atoms with Gasteiger partial charge in [0.15, 0.2) is 0 Å². The van der Waals surface area contributed by atoms with Crippen LogP contribution in [0.2, 0.25) is 0 Å². The molecule has 0 radical (unpaired) electrons. The number of hydrogen-bond donors (Lipinski definition) is 1. The minimum atomic E-state index is 0. The number of amides is 1. The minimum Gasteiger partial charge on any atom is -0.339 e. The van der Waals surface area contributed by atoms with Gasteiger partial charge in [-0.05, 0) is 68.2 Å². The zero-order valence-corrected chi connectivity index (χ0v) is 13.5. The number of nitrogens with two attached hydrogens (primary N) is 1. The van der Waals surface area contributed by atoms with Crippen molar-refractivity contribution in [3.05, 3.63) is 34.9 Å². The summed E-state index contributed by atoms with van der Waals surface area (Å²) in [5, 5.41) is 0. The average Bonchev–Trinajstić information content (AvgIpc) is 2.94. The SMILES string of the molecule is CC(N)C1CCN(C(=O)c2ccc3c(c2)CCC3)CC1.Cl. The topological polar surface area (TPSA) is 46.3 Å². The van der Waals surface area contributed by atoms with Crippen LogP contribution >= 0.6 is 12.4 Å². The monoisotopic (exact) mass is 308 g/mol. The third-order valence-electron chi connectivity index (χ3n) is 4.92. The molecule has 1 atom stereocenters. The highest BCUT2D eigenvalue weighted by Gasteiger charge is 2.26. The lowest BCUT2D eigenvalue weighted by molar-refractivity contribution is 0.0681. The van der Waals surface area contributed by atoms with Gasteiger partial charge in [-0.2, -0.15) is 0 Å². The van der Waals surface area contributed by atoms with Gasteiger partial charge in [0.2, 0.25) is 0 Å². The van der Waals surface area contributed by atoms with Gasteiger partial charge in [0.25, 0.3) is 5.91 Å². The fourth-order valence-electron chi connectivity index (χ4n) is 3.52. The maximum Gasteiger partial charge on any atom is 0.253 e. The molecule has 21 heavy (non-hydrogen) atoms. The number of carbonyl (C=O) groups excluding carboxylic acids is 1. The fourth-order valence-corrected chi connectivity index (χ4v) is 3.52. The number of halogens is 1. The normalized spacial score (nSPS) is 19.8. The van der Waals surface area contributed by atoms with Crippen LogP contribution in [0.4, 0.5) is 0 Å². The van der Waals surface area contributed by atoms with E-state index in [0.29, 0.717) is 5.92 Å². The summed E-state index contributed by atoms with van der Waals surface area (Å²) >= 11 is 0. The molecule has 0 aromatic heterocycles. The number of rotatable bonds is 2. The molecule has 116 valence electrons. The van der Waals surface area contributed by atoms with Crippen molar-refractivity contribution >= 4 is 18.3 Å². The van der Waals surface area contributed by atoms with E-state index in [9.17, 15) is 4.79 Å². The molecule has 1 heterocycles. The number of fused-ring (bicyclic) bond motifs is 1. The van der Waals surface area contributed by atoms with E-state index in [0.717, 1.165) is 37.9 Å². The van der Waals surface area contributed by atoms with Crippen LogP contribution in [0.1, 0.15) is 47.7 Å². The zero-order chi connectivity index (χ0) is 14.1. The van der Waals surface area contributed by atoms with Gasteiger partial charge >= 0.3 is 0 Å². The molecular formula is C17H25ClN2O. The molecule has 0 spiro atoms. The predicted octanol–water partition coefficient (Wildman–Crippen LogP) is 2.80. The Bertz CT molecular complexity index is 508. The second kappa shape index (κ2) is 6.80. The molecule has 3 nitrogen and oxygen atoms in total. The molecule has 2 aliphatic rings. The summed E-state index contributed by atoms with van der Waals surface area (Å²) in [6.45, 7) is 3.77. The van der Waals surface area contributed by atoms with E-state index in [1.54, 1.807) is 0 Å². The van der Waals surface area contributed by atoms with Gasteiger partial charge in [-0.25, -0.2) is 0 Å². The molecule has 1 fully saturated rings. The highest BCUT2D eigenvalue weighted by atomic mass is 35.5. The van der Waals surface area contributed by atoms with Gasteiger partial charge in [-0.1, -0.05) is 6.07 Å². The molecule has 0 bridgehead atoms. The Hall–Kier alpha value is -1.06. The summed E-state index contributed by atoms with van der Waals surface area (Å²) in [6.07, 6.45) is 5.60. The van der Waals surface area contributed by atoms with Crippen molar-refractivity contribution in [3.63, 3.8) is 0 Å². The first kappa shape index (κ1) is 16.3. The van der Waals surface area contributed by atoms with Crippen LogP contribution in [0.25, 0.3) is 0 Å². The van der Waals surface area contributed by atoms with Crippen LogP contribution in [0.3, 0.4) is 0 Å². The first-order chi connectivity index (χ1) is 9.65. The van der Waals surface area contributed by atoms with Gasteiger partial charge < -0.3 is 10.6 Å². The van der Waals surface area contributed by atoms with E-state index in [2.05, 4.69) is 19.1 Å². The molecule has 1 amide bonds. The Morgan fingerprint density at radius 3 is 2.57 bits per heavy atom. The summed E-state index contributed by atoms with van der Waals surface area (Å²) < 4.78 is 0. The first-order valence-electron chi connectivity index (χ1n) is 7.82. The van der Waals surface area contributed by atoms with Crippen LogP contribution < -0.4 is 5.73 Å². The summed E-state index contributed by atoms with van der Waals surface area (Å²) in [7, 11) is 0. The Morgan fingerprint density at radius 1 is 1.24 bits per heavy atom. The number of likely N-dealkylation sites (tertiary alicyclic amines) is 1. The standard InChI is InChI=1S/C17H24N2O.ClH/c1-12(18)13-7-9-19(10-8-13)17(20)16-6-5-14-3-2-4-15(14)11-16;/h5-6,11-13H,2-4,7-10,18H2,1H3;1H. The van der Waals surface area contributed by atoms with Crippen molar-refractivity contribution in [2.24, 2.45) is 11.7 Å². The Kier molecular flexibility index (Phi) is 5.28. The van der Waals surface area contributed by atoms with Gasteiger partial charge in [-0.3, -0.25) is 4.79 Å². The Labute approximate surface area is 133 Å². The number of hydrogen-bond acceptors (Lipinski definition) is 2. The number of aryl methyl sites for hydroxylation is 2. The van der Waals surface area contributed by atoms with E-state index in [1.807, 2.05) is 11.0 Å². The van der Waals surface area contributed by atoms with Crippen molar-refractivity contribution in [1.29, 1.82) is 0 Å². The van der Waals surface area contributed by atoms with Crippen molar-refractivity contribution < 1.29 is 4.79 Å². The second-order valence-corrected chi connectivity index (χ2v) is 6.33. The van der Waals surface area contributed by atoms with Crippen LogP contribution in [0.15, 0.2) is 18.2 Å². The lowest BCUT2D eigenvalue weighted by Gasteiger charge is -2.33. The zero-order valence-electron chi connectivity index (χ0n) is 12.7. The molecule has 1 unspecified atom stereocenters. The molecule has 1 saturated heterocycles. The molecule has 1 aliphatic heterocycles. The molecule has 1 aromatic rings. The van der Waals surface area contributed by atoms with Crippen LogP contribution in [-0.2, 0) is 12.8 Å². The van der Waals surface area contributed by atoms with E-state index >= 15 is 0 Å². The van der Waals surface area contributed by atoms with Crippen LogP contribution in [0, 0.1) is 5.92 Å². The summed E-state index contributed by atoms with van der Waals surface area (Å²) in [6, 6.07) is 6.50. The smallest absolute Gasteiger partial charge is 0.253 e. The predicted molar refractivity (Wildman–Crippen MR) is 88.0 cm³/mol. The molecule has 0 saturated carbocycles. The van der Waals surface area contributed by atoms with E-state index in [-0.39, 0.29) is 24.4 Å². The molecule has 4 heteroatoms. The number of benzene rings is 1.